The molecule has 0 spiro atoms. The molecule has 2 N–H and O–H groups in total. The fraction of sp³-hybridized carbons (Fsp3) is 0.364. The highest BCUT2D eigenvalue weighted by Crippen LogP contribution is 2.23. The van der Waals surface area contributed by atoms with E-state index in [1.54, 1.807) is 6.07 Å². The molecular weight excluding hydrogens is 351 g/mol. The van der Waals surface area contributed by atoms with Crippen LogP contribution in [0.3, 0.4) is 0 Å². The lowest BCUT2D eigenvalue weighted by atomic mass is 10.2. The van der Waals surface area contributed by atoms with Crippen molar-refractivity contribution >= 4 is 39.9 Å². The van der Waals surface area contributed by atoms with E-state index < -0.39 is 10.9 Å². The minimum Gasteiger partial charge on any atom is -0.481 e. The summed E-state index contributed by atoms with van der Waals surface area (Å²) in [5.41, 5.74) is 0.896. The van der Waals surface area contributed by atoms with Crippen molar-refractivity contribution in [2.24, 2.45) is 0 Å². The lowest BCUT2D eigenvalue weighted by molar-refractivity contribution is -0.384. The predicted molar refractivity (Wildman–Crippen MR) is 75.8 cm³/mol. The molecule has 0 aliphatic rings. The van der Waals surface area contributed by atoms with Gasteiger partial charge in [0.25, 0.3) is 5.69 Å². The normalized spacial score (nSPS) is 10.1. The largest absolute Gasteiger partial charge is 0.481 e. The molecule has 0 heterocycles. The molecule has 6 nitrogen and oxygen atoms in total. The molecule has 0 aliphatic carbocycles. The Morgan fingerprint density at radius 2 is 2.17 bits per heavy atom. The van der Waals surface area contributed by atoms with Gasteiger partial charge in [0.15, 0.2) is 0 Å². The lowest BCUT2D eigenvalue weighted by Gasteiger charge is -2.07. The van der Waals surface area contributed by atoms with E-state index in [-0.39, 0.29) is 12.1 Å². The second-order valence-electron chi connectivity index (χ2n) is 3.70. The smallest absolute Gasteiger partial charge is 0.303 e. The molecule has 1 aromatic rings. The SMILES string of the molecule is O=C(O)CCCCNc1ccc([N+](=O)[O-])cc1I. The number of nitro groups is 1. The van der Waals surface area contributed by atoms with Crippen molar-refractivity contribution in [3.63, 3.8) is 0 Å². The number of unbranched alkanes of at least 4 members (excludes halogenated alkanes) is 1. The summed E-state index contributed by atoms with van der Waals surface area (Å²) in [6.45, 7) is 0.654. The van der Waals surface area contributed by atoms with Gasteiger partial charge in [-0.1, -0.05) is 0 Å². The van der Waals surface area contributed by atoms with E-state index in [9.17, 15) is 14.9 Å². The minimum atomic E-state index is -0.792. The summed E-state index contributed by atoms with van der Waals surface area (Å²) >= 11 is 2.03. The number of non-ortho nitro benzene ring substituents is 1. The van der Waals surface area contributed by atoms with Crippen molar-refractivity contribution in [3.8, 4) is 0 Å². The van der Waals surface area contributed by atoms with Crippen LogP contribution in [0, 0.1) is 13.7 Å². The molecule has 0 amide bonds. The van der Waals surface area contributed by atoms with Crippen LogP contribution in [0.1, 0.15) is 19.3 Å². The molecule has 0 saturated carbocycles. The van der Waals surface area contributed by atoms with Crippen LogP contribution in [0.25, 0.3) is 0 Å². The lowest BCUT2D eigenvalue weighted by Crippen LogP contribution is -2.04. The van der Waals surface area contributed by atoms with Crippen LogP contribution in [-0.2, 0) is 4.79 Å². The molecule has 0 atom stereocenters. The van der Waals surface area contributed by atoms with E-state index in [0.29, 0.717) is 13.0 Å². The Kier molecular flexibility index (Phi) is 5.83. The summed E-state index contributed by atoms with van der Waals surface area (Å²) in [5, 5.41) is 22.2. The number of aliphatic carboxylic acids is 1. The maximum Gasteiger partial charge on any atom is 0.303 e. The molecule has 0 unspecified atom stereocenters. The number of nitro benzene ring substituents is 1. The van der Waals surface area contributed by atoms with E-state index in [4.69, 9.17) is 5.11 Å². The van der Waals surface area contributed by atoms with Crippen LogP contribution in [0.5, 0.6) is 0 Å². The third kappa shape index (κ3) is 4.86. The molecule has 98 valence electrons. The molecule has 1 aromatic carbocycles. The quantitative estimate of drug-likeness (QED) is 0.336. The summed E-state index contributed by atoms with van der Waals surface area (Å²) in [5.74, 6) is -0.792. The van der Waals surface area contributed by atoms with Crippen LogP contribution >= 0.6 is 22.6 Å². The second-order valence-corrected chi connectivity index (χ2v) is 4.86. The fourth-order valence-electron chi connectivity index (χ4n) is 1.39. The zero-order valence-corrected chi connectivity index (χ0v) is 11.7. The molecule has 0 aliphatic heterocycles. The van der Waals surface area contributed by atoms with Gasteiger partial charge in [0.05, 0.1) is 4.92 Å². The van der Waals surface area contributed by atoms with Crippen LogP contribution in [0.2, 0.25) is 0 Å². The summed E-state index contributed by atoms with van der Waals surface area (Å²) < 4.78 is 0.778. The standard InChI is InChI=1S/C11H13IN2O4/c12-9-7-8(14(17)18)4-5-10(9)13-6-2-1-3-11(15)16/h4-5,7,13H,1-3,6H2,(H,15,16). The second kappa shape index (κ2) is 7.14. The number of carboxylic acid groups (broad SMARTS) is 1. The third-order valence-corrected chi connectivity index (χ3v) is 3.19. The number of rotatable bonds is 7. The molecule has 0 bridgehead atoms. The third-order valence-electron chi connectivity index (χ3n) is 2.30. The molecule has 7 heteroatoms. The first-order valence-corrected chi connectivity index (χ1v) is 6.48. The van der Waals surface area contributed by atoms with Crippen molar-refractivity contribution in [1.82, 2.24) is 0 Å². The number of carbonyl (C=O) groups is 1. The van der Waals surface area contributed by atoms with E-state index in [0.717, 1.165) is 15.7 Å². The monoisotopic (exact) mass is 364 g/mol. The Morgan fingerprint density at radius 3 is 2.72 bits per heavy atom. The van der Waals surface area contributed by atoms with Gasteiger partial charge in [-0.15, -0.1) is 0 Å². The van der Waals surface area contributed by atoms with Crippen molar-refractivity contribution < 1.29 is 14.8 Å². The molecule has 0 radical (unpaired) electrons. The summed E-state index contributed by atoms with van der Waals surface area (Å²) in [4.78, 5) is 20.4. The number of hydrogen-bond acceptors (Lipinski definition) is 4. The predicted octanol–water partition coefficient (Wildman–Crippen LogP) is 2.87. The maximum absolute atomic E-state index is 10.6. The van der Waals surface area contributed by atoms with Crippen molar-refractivity contribution in [2.45, 2.75) is 19.3 Å². The number of benzene rings is 1. The Labute approximate surface area is 118 Å². The summed E-state index contributed by atoms with van der Waals surface area (Å²) in [7, 11) is 0. The van der Waals surface area contributed by atoms with E-state index in [2.05, 4.69) is 5.32 Å². The zero-order chi connectivity index (χ0) is 13.5. The zero-order valence-electron chi connectivity index (χ0n) is 9.56. The molecule has 0 saturated heterocycles. The first-order valence-electron chi connectivity index (χ1n) is 5.40. The minimum absolute atomic E-state index is 0.0656. The van der Waals surface area contributed by atoms with Gasteiger partial charge < -0.3 is 10.4 Å². The summed E-state index contributed by atoms with van der Waals surface area (Å²) in [6, 6.07) is 4.61. The Balaban J connectivity index is 2.43. The first kappa shape index (κ1) is 14.7. The average Bonchev–Trinajstić information content (AvgIpc) is 2.29. The molecule has 0 aromatic heterocycles. The number of carboxylic acids is 1. The van der Waals surface area contributed by atoms with Crippen LogP contribution in [0.15, 0.2) is 18.2 Å². The number of nitrogens with zero attached hydrogens (tertiary/aromatic N) is 1. The van der Waals surface area contributed by atoms with Crippen molar-refractivity contribution in [2.75, 3.05) is 11.9 Å². The van der Waals surface area contributed by atoms with E-state index in [1.165, 1.54) is 12.1 Å². The van der Waals surface area contributed by atoms with Gasteiger partial charge in [-0.3, -0.25) is 14.9 Å². The highest BCUT2D eigenvalue weighted by Gasteiger charge is 2.08. The van der Waals surface area contributed by atoms with Crippen LogP contribution in [0.4, 0.5) is 11.4 Å². The Morgan fingerprint density at radius 1 is 1.44 bits per heavy atom. The highest BCUT2D eigenvalue weighted by molar-refractivity contribution is 14.1. The molecule has 18 heavy (non-hydrogen) atoms. The van der Waals surface area contributed by atoms with Gasteiger partial charge in [-0.05, 0) is 41.5 Å². The number of halogens is 1. The van der Waals surface area contributed by atoms with Gasteiger partial charge in [0, 0.05) is 34.4 Å². The number of nitrogens with one attached hydrogen (secondary N) is 1. The molecule has 1 rings (SSSR count). The molecule has 0 fully saturated rings. The topological polar surface area (TPSA) is 92.5 Å². The van der Waals surface area contributed by atoms with E-state index >= 15 is 0 Å². The Hall–Kier alpha value is -1.38. The summed E-state index contributed by atoms with van der Waals surface area (Å²) in [6.07, 6.45) is 1.53. The first-order chi connectivity index (χ1) is 8.50. The van der Waals surface area contributed by atoms with Crippen molar-refractivity contribution in [3.05, 3.63) is 31.9 Å². The number of hydrogen-bond donors (Lipinski definition) is 2. The highest BCUT2D eigenvalue weighted by atomic mass is 127. The maximum atomic E-state index is 10.6. The van der Waals surface area contributed by atoms with Crippen LogP contribution in [-0.4, -0.2) is 22.5 Å². The van der Waals surface area contributed by atoms with Gasteiger partial charge in [-0.25, -0.2) is 0 Å². The van der Waals surface area contributed by atoms with Crippen molar-refractivity contribution in [1.29, 1.82) is 0 Å². The van der Waals surface area contributed by atoms with Gasteiger partial charge in [0.2, 0.25) is 0 Å². The fourth-order valence-corrected chi connectivity index (χ4v) is 2.07. The average molecular weight is 364 g/mol. The molecular formula is C11H13IN2O4. The van der Waals surface area contributed by atoms with E-state index in [1.807, 2.05) is 22.6 Å². The Bertz CT molecular complexity index is 451. The van der Waals surface area contributed by atoms with Gasteiger partial charge in [0.1, 0.15) is 0 Å². The number of anilines is 1. The van der Waals surface area contributed by atoms with Gasteiger partial charge in [-0.2, -0.15) is 0 Å². The van der Waals surface area contributed by atoms with Crippen LogP contribution < -0.4 is 5.32 Å². The van der Waals surface area contributed by atoms with Gasteiger partial charge >= 0.3 is 5.97 Å².